The van der Waals surface area contributed by atoms with Gasteiger partial charge in [0.25, 0.3) is 0 Å². The van der Waals surface area contributed by atoms with E-state index >= 15 is 0 Å². The number of ether oxygens (including phenoxy) is 1. The van der Waals surface area contributed by atoms with Crippen LogP contribution in [0.5, 0.6) is 5.75 Å². The minimum Gasteiger partial charge on any atom is -0.494 e. The van der Waals surface area contributed by atoms with Gasteiger partial charge in [-0.3, -0.25) is 19.3 Å². The Labute approximate surface area is 156 Å². The molecule has 4 aliphatic rings. The zero-order valence-electron chi connectivity index (χ0n) is 14.9. The lowest BCUT2D eigenvalue weighted by molar-refractivity contribution is -0.134. The predicted octanol–water partition coefficient (Wildman–Crippen LogP) is 3.04. The summed E-state index contributed by atoms with van der Waals surface area (Å²) in [6.45, 7) is 2.45. The molecule has 5 heteroatoms. The van der Waals surface area contributed by atoms with Crippen molar-refractivity contribution >= 4 is 23.3 Å². The Morgan fingerprint density at radius 1 is 0.926 bits per heavy atom. The predicted molar refractivity (Wildman–Crippen MR) is 98.6 cm³/mol. The van der Waals surface area contributed by atoms with E-state index in [0.717, 1.165) is 11.1 Å². The molecule has 2 amide bonds. The van der Waals surface area contributed by atoms with Gasteiger partial charge in [-0.1, -0.05) is 24.3 Å². The minimum atomic E-state index is -0.579. The molecule has 2 aromatic rings. The normalized spacial score (nSPS) is 28.3. The fraction of sp³-hybridized carbons (Fsp3) is 0.318. The van der Waals surface area contributed by atoms with E-state index in [-0.39, 0.29) is 23.5 Å². The van der Waals surface area contributed by atoms with E-state index in [1.165, 1.54) is 4.90 Å². The Kier molecular flexibility index (Phi) is 3.47. The monoisotopic (exact) mass is 361 g/mol. The highest BCUT2D eigenvalue weighted by atomic mass is 16.5. The number of ketones is 1. The van der Waals surface area contributed by atoms with E-state index in [9.17, 15) is 14.4 Å². The van der Waals surface area contributed by atoms with Crippen LogP contribution >= 0.6 is 0 Å². The summed E-state index contributed by atoms with van der Waals surface area (Å²) in [7, 11) is 0. The second-order valence-electron chi connectivity index (χ2n) is 7.37. The van der Waals surface area contributed by atoms with E-state index in [4.69, 9.17) is 4.74 Å². The topological polar surface area (TPSA) is 63.7 Å². The van der Waals surface area contributed by atoms with Gasteiger partial charge < -0.3 is 4.74 Å². The number of benzene rings is 2. The van der Waals surface area contributed by atoms with Crippen LogP contribution in [-0.2, 0) is 14.4 Å². The van der Waals surface area contributed by atoms with Crippen LogP contribution in [0.15, 0.2) is 48.5 Å². The molecular weight excluding hydrogens is 342 g/mol. The zero-order chi connectivity index (χ0) is 18.7. The van der Waals surface area contributed by atoms with Crippen molar-refractivity contribution in [2.24, 2.45) is 11.8 Å². The van der Waals surface area contributed by atoms with Crippen molar-refractivity contribution in [2.45, 2.75) is 25.2 Å². The van der Waals surface area contributed by atoms with E-state index in [1.807, 2.05) is 31.2 Å². The number of amides is 2. The molecular formula is C22H19NO4. The van der Waals surface area contributed by atoms with Crippen molar-refractivity contribution in [1.29, 1.82) is 0 Å². The summed E-state index contributed by atoms with van der Waals surface area (Å²) in [5, 5.41) is 0. The Morgan fingerprint density at radius 3 is 2.30 bits per heavy atom. The van der Waals surface area contributed by atoms with Crippen LogP contribution < -0.4 is 9.64 Å². The Morgan fingerprint density at radius 2 is 1.59 bits per heavy atom. The van der Waals surface area contributed by atoms with Crippen molar-refractivity contribution in [3.05, 3.63) is 59.7 Å². The molecule has 4 atom stereocenters. The van der Waals surface area contributed by atoms with Gasteiger partial charge in [0, 0.05) is 12.3 Å². The molecule has 1 heterocycles. The SMILES string of the molecule is CCOc1ccc(N2C(=O)[C@@H]3[C@H](C2=O)[C@H]2C(=O)C[C@H]3c3ccccc32)cc1. The molecule has 1 saturated heterocycles. The largest absolute Gasteiger partial charge is 0.494 e. The number of hydrogen-bond donors (Lipinski definition) is 0. The molecule has 2 fully saturated rings. The summed E-state index contributed by atoms with van der Waals surface area (Å²) >= 11 is 0. The molecule has 3 aliphatic carbocycles. The molecule has 0 unspecified atom stereocenters. The van der Waals surface area contributed by atoms with Crippen LogP contribution in [0.1, 0.15) is 36.3 Å². The maximum absolute atomic E-state index is 13.2. The molecule has 0 aromatic heterocycles. The van der Waals surface area contributed by atoms with Gasteiger partial charge in [-0.25, -0.2) is 0 Å². The van der Waals surface area contributed by atoms with Gasteiger partial charge in [-0.2, -0.15) is 0 Å². The summed E-state index contributed by atoms with van der Waals surface area (Å²) in [4.78, 5) is 40.4. The minimum absolute atomic E-state index is 0.0784. The highest BCUT2D eigenvalue weighted by molar-refractivity contribution is 6.24. The maximum Gasteiger partial charge on any atom is 0.238 e. The van der Waals surface area contributed by atoms with Gasteiger partial charge in [0.05, 0.1) is 30.0 Å². The number of rotatable bonds is 3. The van der Waals surface area contributed by atoms with Crippen molar-refractivity contribution < 1.29 is 19.1 Å². The van der Waals surface area contributed by atoms with Crippen LogP contribution in [0, 0.1) is 11.8 Å². The lowest BCUT2D eigenvalue weighted by Gasteiger charge is -2.43. The summed E-state index contributed by atoms with van der Waals surface area (Å²) < 4.78 is 5.44. The molecule has 27 heavy (non-hydrogen) atoms. The molecule has 0 N–H and O–H groups in total. The third kappa shape index (κ3) is 2.14. The maximum atomic E-state index is 13.2. The van der Waals surface area contributed by atoms with Gasteiger partial charge in [0.2, 0.25) is 11.8 Å². The molecule has 5 nitrogen and oxygen atoms in total. The van der Waals surface area contributed by atoms with Crippen molar-refractivity contribution in [3.8, 4) is 5.75 Å². The second-order valence-corrected chi connectivity index (χ2v) is 7.37. The molecule has 2 bridgehead atoms. The highest BCUT2D eigenvalue weighted by Gasteiger charge is 2.62. The van der Waals surface area contributed by atoms with Crippen LogP contribution in [0.2, 0.25) is 0 Å². The first-order valence-corrected chi connectivity index (χ1v) is 9.34. The number of imide groups is 1. The van der Waals surface area contributed by atoms with Gasteiger partial charge in [0.1, 0.15) is 11.5 Å². The van der Waals surface area contributed by atoms with Crippen molar-refractivity contribution in [2.75, 3.05) is 11.5 Å². The Bertz CT molecular complexity index is 965. The number of Topliss-reactive ketones (excluding diaryl/α,β-unsaturated/α-hetero) is 1. The number of carbonyl (C=O) groups is 3. The Balaban J connectivity index is 1.57. The molecule has 136 valence electrons. The number of fused-ring (bicyclic) bond motifs is 1. The summed E-state index contributed by atoms with van der Waals surface area (Å²) in [6, 6.07) is 14.7. The number of carbonyl (C=O) groups excluding carboxylic acids is 3. The fourth-order valence-corrected chi connectivity index (χ4v) is 5.07. The van der Waals surface area contributed by atoms with Gasteiger partial charge in [0.15, 0.2) is 0 Å². The summed E-state index contributed by atoms with van der Waals surface area (Å²) in [6.07, 6.45) is 0.346. The lowest BCUT2D eigenvalue weighted by atomic mass is 9.56. The smallest absolute Gasteiger partial charge is 0.238 e. The number of hydrogen-bond acceptors (Lipinski definition) is 4. The van der Waals surface area contributed by atoms with Crippen LogP contribution in [0.25, 0.3) is 0 Å². The van der Waals surface area contributed by atoms with E-state index < -0.39 is 17.8 Å². The summed E-state index contributed by atoms with van der Waals surface area (Å²) in [5.41, 5.74) is 2.52. The van der Waals surface area contributed by atoms with Crippen LogP contribution in [-0.4, -0.2) is 24.2 Å². The first-order valence-electron chi connectivity index (χ1n) is 9.34. The second kappa shape index (κ2) is 5.78. The van der Waals surface area contributed by atoms with E-state index in [0.29, 0.717) is 24.5 Å². The van der Waals surface area contributed by atoms with Gasteiger partial charge in [-0.05, 0) is 42.3 Å². The average molecular weight is 361 g/mol. The van der Waals surface area contributed by atoms with Crippen molar-refractivity contribution in [3.63, 3.8) is 0 Å². The molecule has 1 aliphatic heterocycles. The van der Waals surface area contributed by atoms with Crippen LogP contribution in [0.3, 0.4) is 0 Å². The van der Waals surface area contributed by atoms with E-state index in [1.54, 1.807) is 24.3 Å². The first-order chi connectivity index (χ1) is 13.1. The Hall–Kier alpha value is -2.95. The van der Waals surface area contributed by atoms with Gasteiger partial charge >= 0.3 is 0 Å². The molecule has 6 rings (SSSR count). The zero-order valence-corrected chi connectivity index (χ0v) is 14.9. The van der Waals surface area contributed by atoms with Gasteiger partial charge in [-0.15, -0.1) is 0 Å². The average Bonchev–Trinajstić information content (AvgIpc) is 2.95. The first kappa shape index (κ1) is 16.2. The fourth-order valence-electron chi connectivity index (χ4n) is 5.07. The third-order valence-electron chi connectivity index (χ3n) is 6.10. The number of anilines is 1. The quantitative estimate of drug-likeness (QED) is 0.789. The highest BCUT2D eigenvalue weighted by Crippen LogP contribution is 2.57. The third-order valence-corrected chi connectivity index (χ3v) is 6.10. The molecule has 0 spiro atoms. The van der Waals surface area contributed by atoms with Crippen LogP contribution in [0.4, 0.5) is 5.69 Å². The van der Waals surface area contributed by atoms with E-state index in [2.05, 4.69) is 0 Å². The molecule has 0 radical (unpaired) electrons. The van der Waals surface area contributed by atoms with Crippen molar-refractivity contribution in [1.82, 2.24) is 0 Å². The molecule has 2 aromatic carbocycles. The lowest BCUT2D eigenvalue weighted by Crippen LogP contribution is -2.44. The number of nitrogens with zero attached hydrogens (tertiary/aromatic N) is 1. The summed E-state index contributed by atoms with van der Waals surface area (Å²) in [5.74, 6) is -1.40. The molecule has 1 saturated carbocycles. The standard InChI is InChI=1S/C22H19NO4/c1-2-27-13-9-7-12(8-10-13)23-21(25)19-16-11-17(24)18(20(19)22(23)26)15-6-4-3-5-14(15)16/h3-10,16,18-20H,2,11H2,1H3/t16-,18+,19-,20+/m0/s1.